The highest BCUT2D eigenvalue weighted by atomic mass is 15.2. The van der Waals surface area contributed by atoms with Crippen molar-refractivity contribution in [3.63, 3.8) is 0 Å². The third-order valence-electron chi connectivity index (χ3n) is 14.6. The quantitative estimate of drug-likeness (QED) is 0.140. The molecule has 70 heavy (non-hydrogen) atoms. The molecule has 0 heterocycles. The summed E-state index contributed by atoms with van der Waals surface area (Å²) in [6.07, 6.45) is 0. The summed E-state index contributed by atoms with van der Waals surface area (Å²) < 4.78 is 0. The van der Waals surface area contributed by atoms with E-state index in [0.29, 0.717) is 0 Å². The summed E-state index contributed by atoms with van der Waals surface area (Å²) in [5.74, 6) is 0. The number of fused-ring (bicyclic) bond motifs is 5. The predicted octanol–water partition coefficient (Wildman–Crippen LogP) is 18.5. The molecule has 0 saturated heterocycles. The Bertz CT molecular complexity index is 3660. The lowest BCUT2D eigenvalue weighted by Gasteiger charge is -2.35. The second kappa shape index (κ2) is 17.2. The highest BCUT2D eigenvalue weighted by Crippen LogP contribution is 2.60. The van der Waals surface area contributed by atoms with Crippen LogP contribution < -0.4 is 4.90 Å². The average molecular weight is 890 g/mol. The lowest BCUT2D eigenvalue weighted by molar-refractivity contribution is 0.768. The van der Waals surface area contributed by atoms with Crippen LogP contribution in [-0.4, -0.2) is 0 Å². The second-order valence-corrected chi connectivity index (χ2v) is 18.2. The van der Waals surface area contributed by atoms with Crippen LogP contribution >= 0.6 is 0 Å². The van der Waals surface area contributed by atoms with Gasteiger partial charge in [0, 0.05) is 16.7 Å². The average Bonchev–Trinajstić information content (AvgIpc) is 3.75. The third kappa shape index (κ3) is 6.55. The van der Waals surface area contributed by atoms with Gasteiger partial charge in [-0.25, -0.2) is 0 Å². The molecular weight excluding hydrogens is 843 g/mol. The summed E-state index contributed by atoms with van der Waals surface area (Å²) >= 11 is 0. The van der Waals surface area contributed by atoms with E-state index in [1.54, 1.807) is 0 Å². The van der Waals surface area contributed by atoms with Crippen molar-refractivity contribution < 1.29 is 0 Å². The maximum atomic E-state index is 2.58. The van der Waals surface area contributed by atoms with E-state index in [9.17, 15) is 0 Å². The zero-order valence-corrected chi connectivity index (χ0v) is 38.6. The Balaban J connectivity index is 1.15. The lowest BCUT2D eigenvalue weighted by Crippen LogP contribution is -2.28. The molecule has 1 aliphatic rings. The Morgan fingerprint density at radius 1 is 0.229 bits per heavy atom. The number of hydrogen-bond acceptors (Lipinski definition) is 1. The second-order valence-electron chi connectivity index (χ2n) is 18.2. The number of nitrogens with zero attached hydrogens (tertiary/aromatic N) is 1. The summed E-state index contributed by atoms with van der Waals surface area (Å²) in [5.41, 5.74) is 19.7. The summed E-state index contributed by atoms with van der Waals surface area (Å²) in [4.78, 5) is 2.58. The van der Waals surface area contributed by atoms with Crippen LogP contribution in [0.1, 0.15) is 22.3 Å². The summed E-state index contributed by atoms with van der Waals surface area (Å²) in [5, 5.41) is 4.87. The van der Waals surface area contributed by atoms with Crippen LogP contribution in [0.25, 0.3) is 77.2 Å². The third-order valence-corrected chi connectivity index (χ3v) is 14.6. The van der Waals surface area contributed by atoms with Crippen LogP contribution in [0.5, 0.6) is 0 Å². The number of anilines is 3. The van der Waals surface area contributed by atoms with E-state index in [1.165, 1.54) is 88.3 Å². The number of rotatable bonds is 9. The maximum absolute atomic E-state index is 2.58. The Morgan fingerprint density at radius 2 is 0.571 bits per heavy atom. The van der Waals surface area contributed by atoms with Crippen LogP contribution in [0.3, 0.4) is 0 Å². The molecule has 0 aromatic heterocycles. The van der Waals surface area contributed by atoms with Gasteiger partial charge in [0.1, 0.15) is 0 Å². The monoisotopic (exact) mass is 889 g/mol. The summed E-state index contributed by atoms with van der Waals surface area (Å²) in [6, 6.07) is 105. The van der Waals surface area contributed by atoms with Crippen molar-refractivity contribution in [2.75, 3.05) is 4.90 Å². The van der Waals surface area contributed by atoms with Crippen molar-refractivity contribution >= 4 is 38.6 Å². The molecule has 12 aromatic rings. The van der Waals surface area contributed by atoms with E-state index < -0.39 is 5.41 Å². The van der Waals surface area contributed by atoms with E-state index in [1.807, 2.05) is 0 Å². The van der Waals surface area contributed by atoms with Crippen molar-refractivity contribution in [1.82, 2.24) is 0 Å². The van der Waals surface area contributed by atoms with E-state index in [-0.39, 0.29) is 0 Å². The summed E-state index contributed by atoms with van der Waals surface area (Å²) in [7, 11) is 0. The molecule has 0 atom stereocenters. The number of hydrogen-bond donors (Lipinski definition) is 0. The van der Waals surface area contributed by atoms with Crippen LogP contribution in [-0.2, 0) is 5.41 Å². The van der Waals surface area contributed by atoms with Gasteiger partial charge in [-0.2, -0.15) is 0 Å². The van der Waals surface area contributed by atoms with Gasteiger partial charge in [0.15, 0.2) is 0 Å². The van der Waals surface area contributed by atoms with Crippen LogP contribution in [0.15, 0.2) is 285 Å². The van der Waals surface area contributed by atoms with Crippen LogP contribution in [0.4, 0.5) is 17.1 Å². The van der Waals surface area contributed by atoms with Crippen molar-refractivity contribution in [3.05, 3.63) is 307 Å². The SMILES string of the molecule is c1ccc(-c2cccc3cccc(-c4ccccc4N(c4ccccc4-c4cccc5cccc(-c6ccccc6)c45)c4cccc5c4-c4ccccc4C5(c4ccccc4)c4ccccc4)c23)cc1. The molecule has 0 saturated carbocycles. The van der Waals surface area contributed by atoms with Crippen molar-refractivity contribution in [3.8, 4) is 55.6 Å². The van der Waals surface area contributed by atoms with Gasteiger partial charge in [-0.3, -0.25) is 0 Å². The van der Waals surface area contributed by atoms with Gasteiger partial charge in [0.25, 0.3) is 0 Å². The molecule has 0 amide bonds. The summed E-state index contributed by atoms with van der Waals surface area (Å²) in [6.45, 7) is 0. The molecule has 0 spiro atoms. The lowest BCUT2D eigenvalue weighted by atomic mass is 9.68. The Hall–Kier alpha value is -9.04. The molecule has 0 N–H and O–H groups in total. The molecule has 12 aromatic carbocycles. The van der Waals surface area contributed by atoms with E-state index >= 15 is 0 Å². The van der Waals surface area contributed by atoms with Crippen molar-refractivity contribution in [1.29, 1.82) is 0 Å². The van der Waals surface area contributed by atoms with Gasteiger partial charge in [0.05, 0.1) is 22.5 Å². The molecule has 1 nitrogen and oxygen atoms in total. The van der Waals surface area contributed by atoms with Gasteiger partial charge in [-0.05, 0) is 101 Å². The Morgan fingerprint density at radius 3 is 1.06 bits per heavy atom. The normalized spacial score (nSPS) is 12.4. The predicted molar refractivity (Wildman–Crippen MR) is 295 cm³/mol. The van der Waals surface area contributed by atoms with Gasteiger partial charge in [-0.15, -0.1) is 0 Å². The first-order valence-corrected chi connectivity index (χ1v) is 24.3. The van der Waals surface area contributed by atoms with E-state index in [2.05, 4.69) is 290 Å². The molecule has 1 aliphatic carbocycles. The number of benzene rings is 12. The molecule has 13 rings (SSSR count). The molecule has 0 bridgehead atoms. The van der Waals surface area contributed by atoms with Crippen molar-refractivity contribution in [2.45, 2.75) is 5.41 Å². The molecule has 0 fully saturated rings. The maximum Gasteiger partial charge on any atom is 0.0714 e. The molecule has 0 radical (unpaired) electrons. The minimum Gasteiger partial charge on any atom is -0.309 e. The zero-order chi connectivity index (χ0) is 46.4. The smallest absolute Gasteiger partial charge is 0.0714 e. The van der Waals surface area contributed by atoms with E-state index in [4.69, 9.17) is 0 Å². The molecule has 0 aliphatic heterocycles. The van der Waals surface area contributed by atoms with Gasteiger partial charge < -0.3 is 4.90 Å². The fraction of sp³-hybridized carbons (Fsp3) is 0.0145. The largest absolute Gasteiger partial charge is 0.309 e. The molecule has 0 unspecified atom stereocenters. The highest BCUT2D eigenvalue weighted by molar-refractivity contribution is 6.12. The fourth-order valence-electron chi connectivity index (χ4n) is 11.7. The Kier molecular flexibility index (Phi) is 10.1. The highest BCUT2D eigenvalue weighted by Gasteiger charge is 2.47. The first kappa shape index (κ1) is 41.2. The topological polar surface area (TPSA) is 3.24 Å². The van der Waals surface area contributed by atoms with Crippen LogP contribution in [0.2, 0.25) is 0 Å². The van der Waals surface area contributed by atoms with Gasteiger partial charge >= 0.3 is 0 Å². The van der Waals surface area contributed by atoms with Gasteiger partial charge in [0.2, 0.25) is 0 Å². The zero-order valence-electron chi connectivity index (χ0n) is 38.6. The van der Waals surface area contributed by atoms with Crippen molar-refractivity contribution in [2.24, 2.45) is 0 Å². The van der Waals surface area contributed by atoms with E-state index in [0.717, 1.165) is 28.2 Å². The molecule has 1 heteroatoms. The fourth-order valence-corrected chi connectivity index (χ4v) is 11.7. The molecular formula is C69H47N. The van der Waals surface area contributed by atoms with Crippen LogP contribution in [0, 0.1) is 0 Å². The standard InChI is InChI=1S/C69H47N/c1-5-24-48(25-6-1)54-39-19-28-50-30-21-41-58(66(50)54)56-36-14-17-45-63(56)70(64-46-18-15-37-57(64)59-42-22-31-51-29-20-40-55(67(51)59)49-26-7-2-8-27-49)65-47-23-44-62-68(65)60-38-13-16-43-61(60)69(62,52-32-9-3-10-33-52)53-34-11-4-12-35-53/h1-47H. The first-order valence-electron chi connectivity index (χ1n) is 24.3. The number of para-hydroxylation sites is 2. The van der Waals surface area contributed by atoms with Gasteiger partial charge in [-0.1, -0.05) is 267 Å². The minimum absolute atomic E-state index is 0.574. The first-order chi connectivity index (χ1) is 34.8. The Labute approximate surface area is 409 Å². The minimum atomic E-state index is -0.574. The molecule has 328 valence electrons.